The first-order chi connectivity index (χ1) is 15.2. The average molecular weight is 458 g/mol. The van der Waals surface area contributed by atoms with Crippen molar-refractivity contribution in [3.63, 3.8) is 0 Å². The number of hydrogen-bond acceptors (Lipinski definition) is 5. The molecule has 2 amide bonds. The van der Waals surface area contributed by atoms with Crippen molar-refractivity contribution in [2.24, 2.45) is 0 Å². The van der Waals surface area contributed by atoms with Gasteiger partial charge in [-0.15, -0.1) is 0 Å². The number of benzene rings is 2. The first kappa shape index (κ1) is 23.8. The molecule has 0 spiro atoms. The van der Waals surface area contributed by atoms with Crippen LogP contribution >= 0.6 is 0 Å². The van der Waals surface area contributed by atoms with Gasteiger partial charge in [-0.25, -0.2) is 8.42 Å². The fraction of sp³-hybridized carbons (Fsp3) is 0.417. The third-order valence-corrected chi connectivity index (χ3v) is 6.29. The number of carbonyl (C=O) groups is 2. The van der Waals surface area contributed by atoms with Gasteiger partial charge in [0.1, 0.15) is 6.04 Å². The minimum Gasteiger partial charge on any atom is -0.371 e. The molecule has 0 radical (unpaired) electrons. The Kier molecular flexibility index (Phi) is 7.90. The van der Waals surface area contributed by atoms with Crippen LogP contribution in [0, 0.1) is 0 Å². The number of nitrogens with one attached hydrogen (secondary N) is 2. The Labute approximate surface area is 190 Å². The fourth-order valence-corrected chi connectivity index (χ4v) is 4.64. The molecule has 1 aliphatic rings. The van der Waals surface area contributed by atoms with Gasteiger partial charge in [-0.2, -0.15) is 0 Å². The summed E-state index contributed by atoms with van der Waals surface area (Å²) in [6.45, 7) is 4.00. The molecule has 172 valence electrons. The van der Waals surface area contributed by atoms with Gasteiger partial charge in [-0.05, 0) is 55.2 Å². The molecule has 2 N–H and O–H groups in total. The van der Waals surface area contributed by atoms with E-state index in [0.717, 1.165) is 25.2 Å². The zero-order chi connectivity index (χ0) is 23.1. The standard InChI is InChI=1S/C24H31N3O4S/c1-3-7-22(26-23(28)19-12-10-18(11-13-19)17-32(2,30)31)24(29)25-20-8-6-9-21(16-20)27-14-4-5-15-27/h6,8-13,16,22H,3-5,7,14-15,17H2,1-2H3,(H,25,29)(H,26,28). The lowest BCUT2D eigenvalue weighted by atomic mass is 10.1. The first-order valence-corrected chi connectivity index (χ1v) is 13.0. The molecular formula is C24H31N3O4S. The molecule has 7 nitrogen and oxygen atoms in total. The van der Waals surface area contributed by atoms with Crippen LogP contribution in [0.2, 0.25) is 0 Å². The lowest BCUT2D eigenvalue weighted by molar-refractivity contribution is -0.118. The second kappa shape index (κ2) is 10.6. The largest absolute Gasteiger partial charge is 0.371 e. The number of sulfone groups is 1. The van der Waals surface area contributed by atoms with Gasteiger partial charge in [-0.1, -0.05) is 31.5 Å². The molecule has 1 saturated heterocycles. The molecular weight excluding hydrogens is 426 g/mol. The van der Waals surface area contributed by atoms with E-state index in [-0.39, 0.29) is 17.6 Å². The van der Waals surface area contributed by atoms with E-state index in [4.69, 9.17) is 0 Å². The van der Waals surface area contributed by atoms with Crippen LogP contribution < -0.4 is 15.5 Å². The molecule has 0 aliphatic carbocycles. The van der Waals surface area contributed by atoms with Gasteiger partial charge in [0.2, 0.25) is 5.91 Å². The van der Waals surface area contributed by atoms with E-state index in [9.17, 15) is 18.0 Å². The number of anilines is 2. The lowest BCUT2D eigenvalue weighted by Gasteiger charge is -2.20. The molecule has 1 unspecified atom stereocenters. The van der Waals surface area contributed by atoms with Crippen LogP contribution in [0.25, 0.3) is 0 Å². The molecule has 3 rings (SSSR count). The van der Waals surface area contributed by atoms with Crippen molar-refractivity contribution in [3.05, 3.63) is 59.7 Å². The van der Waals surface area contributed by atoms with E-state index in [1.807, 2.05) is 31.2 Å². The zero-order valence-electron chi connectivity index (χ0n) is 18.6. The van der Waals surface area contributed by atoms with E-state index >= 15 is 0 Å². The molecule has 0 saturated carbocycles. The normalized spacial score (nSPS) is 14.8. The maximum absolute atomic E-state index is 12.9. The van der Waals surface area contributed by atoms with E-state index in [1.54, 1.807) is 24.3 Å². The molecule has 2 aromatic carbocycles. The van der Waals surface area contributed by atoms with Crippen LogP contribution in [0.4, 0.5) is 11.4 Å². The highest BCUT2D eigenvalue weighted by Gasteiger charge is 2.21. The van der Waals surface area contributed by atoms with Crippen molar-refractivity contribution >= 4 is 33.0 Å². The predicted molar refractivity (Wildman–Crippen MR) is 128 cm³/mol. The second-order valence-corrected chi connectivity index (χ2v) is 10.5. The van der Waals surface area contributed by atoms with Crippen LogP contribution in [0.3, 0.4) is 0 Å². The number of hydrogen-bond donors (Lipinski definition) is 2. The zero-order valence-corrected chi connectivity index (χ0v) is 19.5. The van der Waals surface area contributed by atoms with E-state index in [2.05, 4.69) is 15.5 Å². The van der Waals surface area contributed by atoms with Gasteiger partial charge < -0.3 is 15.5 Å². The Bertz CT molecular complexity index is 1050. The highest BCUT2D eigenvalue weighted by Crippen LogP contribution is 2.23. The summed E-state index contributed by atoms with van der Waals surface area (Å²) in [6, 6.07) is 13.5. The van der Waals surface area contributed by atoms with Crippen molar-refractivity contribution in [2.75, 3.05) is 29.6 Å². The number of nitrogens with zero attached hydrogens (tertiary/aromatic N) is 1. The molecule has 1 heterocycles. The van der Waals surface area contributed by atoms with Gasteiger partial charge in [0.05, 0.1) is 5.75 Å². The van der Waals surface area contributed by atoms with Gasteiger partial charge in [-0.3, -0.25) is 9.59 Å². The maximum atomic E-state index is 12.9. The number of carbonyl (C=O) groups excluding carboxylic acids is 2. The van der Waals surface area contributed by atoms with Crippen molar-refractivity contribution in [1.29, 1.82) is 0 Å². The summed E-state index contributed by atoms with van der Waals surface area (Å²) in [7, 11) is -3.14. The van der Waals surface area contributed by atoms with Crippen LogP contribution in [0.5, 0.6) is 0 Å². The molecule has 1 fully saturated rings. The Hall–Kier alpha value is -2.87. The van der Waals surface area contributed by atoms with Crippen LogP contribution in [-0.2, 0) is 20.4 Å². The fourth-order valence-electron chi connectivity index (χ4n) is 3.84. The van der Waals surface area contributed by atoms with Crippen molar-refractivity contribution in [3.8, 4) is 0 Å². The molecule has 1 aliphatic heterocycles. The molecule has 0 aromatic heterocycles. The predicted octanol–water partition coefficient (Wildman–Crippen LogP) is 3.37. The van der Waals surface area contributed by atoms with E-state index < -0.39 is 15.9 Å². The summed E-state index contributed by atoms with van der Waals surface area (Å²) in [5, 5.41) is 5.75. The van der Waals surface area contributed by atoms with Gasteiger partial charge in [0.15, 0.2) is 9.84 Å². The van der Waals surface area contributed by atoms with E-state index in [0.29, 0.717) is 23.2 Å². The third kappa shape index (κ3) is 6.82. The molecule has 8 heteroatoms. The van der Waals surface area contributed by atoms with Crippen LogP contribution in [-0.4, -0.2) is 45.6 Å². The van der Waals surface area contributed by atoms with E-state index in [1.165, 1.54) is 19.1 Å². The van der Waals surface area contributed by atoms with Gasteiger partial charge >= 0.3 is 0 Å². The molecule has 2 aromatic rings. The average Bonchev–Trinajstić information content (AvgIpc) is 3.28. The van der Waals surface area contributed by atoms with Crippen molar-refractivity contribution in [2.45, 2.75) is 44.4 Å². The maximum Gasteiger partial charge on any atom is 0.251 e. The Balaban J connectivity index is 1.65. The highest BCUT2D eigenvalue weighted by molar-refractivity contribution is 7.89. The highest BCUT2D eigenvalue weighted by atomic mass is 32.2. The summed E-state index contributed by atoms with van der Waals surface area (Å²) in [5.74, 6) is -0.700. The van der Waals surface area contributed by atoms with Crippen molar-refractivity contribution < 1.29 is 18.0 Å². The first-order valence-electron chi connectivity index (χ1n) is 11.0. The number of rotatable bonds is 9. The van der Waals surface area contributed by atoms with Crippen LogP contribution in [0.15, 0.2) is 48.5 Å². The minimum atomic E-state index is -3.14. The lowest BCUT2D eigenvalue weighted by Crippen LogP contribution is -2.43. The van der Waals surface area contributed by atoms with Gasteiger partial charge in [0.25, 0.3) is 5.91 Å². The summed E-state index contributed by atoms with van der Waals surface area (Å²) in [6.07, 6.45) is 4.77. The minimum absolute atomic E-state index is 0.0771. The van der Waals surface area contributed by atoms with Crippen molar-refractivity contribution in [1.82, 2.24) is 5.32 Å². The molecule has 0 bridgehead atoms. The molecule has 1 atom stereocenters. The second-order valence-electron chi connectivity index (χ2n) is 8.32. The quantitative estimate of drug-likeness (QED) is 0.602. The summed E-state index contributed by atoms with van der Waals surface area (Å²) < 4.78 is 22.9. The SMILES string of the molecule is CCCC(NC(=O)c1ccc(CS(C)(=O)=O)cc1)C(=O)Nc1cccc(N2CCCC2)c1. The Morgan fingerprint density at radius 3 is 2.38 bits per heavy atom. The van der Waals surface area contributed by atoms with Gasteiger partial charge in [0, 0.05) is 36.3 Å². The Morgan fingerprint density at radius 1 is 1.06 bits per heavy atom. The topological polar surface area (TPSA) is 95.6 Å². The summed E-state index contributed by atoms with van der Waals surface area (Å²) in [5.41, 5.74) is 2.79. The molecule has 32 heavy (non-hydrogen) atoms. The smallest absolute Gasteiger partial charge is 0.251 e. The Morgan fingerprint density at radius 2 is 1.75 bits per heavy atom. The summed E-state index contributed by atoms with van der Waals surface area (Å²) in [4.78, 5) is 27.9. The summed E-state index contributed by atoms with van der Waals surface area (Å²) >= 11 is 0. The van der Waals surface area contributed by atoms with Crippen LogP contribution in [0.1, 0.15) is 48.5 Å². The number of amides is 2. The third-order valence-electron chi connectivity index (χ3n) is 5.43. The monoisotopic (exact) mass is 457 g/mol.